The molecule has 0 aliphatic rings. The summed E-state index contributed by atoms with van der Waals surface area (Å²) in [7, 11) is 0. The molecule has 0 unspecified atom stereocenters. The second kappa shape index (κ2) is 5.22. The van der Waals surface area contributed by atoms with E-state index in [1.807, 2.05) is 12.1 Å². The standard InChI is InChI=1S/C16H11ClFNO2/c17-12-4-1-10(2-5-12)9-19-8-7-11-3-6-13(18)14(15(11)19)16(20)21/h1-8H,9H2,(H,20,21). The first-order valence-corrected chi connectivity index (χ1v) is 6.69. The summed E-state index contributed by atoms with van der Waals surface area (Å²) in [6.07, 6.45) is 1.76. The molecule has 1 heterocycles. The van der Waals surface area contributed by atoms with E-state index >= 15 is 0 Å². The Morgan fingerprint density at radius 3 is 2.52 bits per heavy atom. The van der Waals surface area contributed by atoms with Gasteiger partial charge in [-0.3, -0.25) is 0 Å². The van der Waals surface area contributed by atoms with Crippen LogP contribution in [0.1, 0.15) is 15.9 Å². The number of fused-ring (bicyclic) bond motifs is 1. The third kappa shape index (κ3) is 2.50. The van der Waals surface area contributed by atoms with Crippen LogP contribution in [0.5, 0.6) is 0 Å². The Labute approximate surface area is 125 Å². The molecular weight excluding hydrogens is 293 g/mol. The first kappa shape index (κ1) is 13.6. The van der Waals surface area contributed by atoms with Gasteiger partial charge < -0.3 is 9.67 Å². The molecule has 21 heavy (non-hydrogen) atoms. The summed E-state index contributed by atoms with van der Waals surface area (Å²) in [6, 6.07) is 11.8. The number of hydrogen-bond acceptors (Lipinski definition) is 1. The summed E-state index contributed by atoms with van der Waals surface area (Å²) in [4.78, 5) is 11.3. The van der Waals surface area contributed by atoms with Crippen molar-refractivity contribution in [3.05, 3.63) is 70.6 Å². The highest BCUT2D eigenvalue weighted by molar-refractivity contribution is 6.30. The average molecular weight is 304 g/mol. The Morgan fingerprint density at radius 1 is 1.14 bits per heavy atom. The fraction of sp³-hybridized carbons (Fsp3) is 0.0625. The number of rotatable bonds is 3. The van der Waals surface area contributed by atoms with Crippen molar-refractivity contribution < 1.29 is 14.3 Å². The normalized spacial score (nSPS) is 11.0. The minimum atomic E-state index is -1.27. The number of carbonyl (C=O) groups is 1. The third-order valence-corrected chi connectivity index (χ3v) is 3.61. The van der Waals surface area contributed by atoms with Crippen LogP contribution in [0.2, 0.25) is 5.02 Å². The van der Waals surface area contributed by atoms with Crippen molar-refractivity contribution in [2.75, 3.05) is 0 Å². The molecule has 0 saturated heterocycles. The van der Waals surface area contributed by atoms with Gasteiger partial charge in [-0.25, -0.2) is 9.18 Å². The Bertz CT molecular complexity index is 824. The average Bonchev–Trinajstić information content (AvgIpc) is 2.84. The summed E-state index contributed by atoms with van der Waals surface area (Å²) >= 11 is 5.84. The molecule has 2 aromatic carbocycles. The van der Waals surface area contributed by atoms with Gasteiger partial charge in [0, 0.05) is 23.2 Å². The summed E-state index contributed by atoms with van der Waals surface area (Å²) in [5, 5.41) is 10.6. The molecule has 5 heteroatoms. The Kier molecular flexibility index (Phi) is 3.39. The molecule has 3 nitrogen and oxygen atoms in total. The molecule has 0 amide bonds. The number of nitrogens with zero attached hydrogens (tertiary/aromatic N) is 1. The van der Waals surface area contributed by atoms with Crippen LogP contribution in [-0.4, -0.2) is 15.6 Å². The number of halogens is 2. The Balaban J connectivity index is 2.13. The molecule has 1 N–H and O–H groups in total. The van der Waals surface area contributed by atoms with Gasteiger partial charge in [0.15, 0.2) is 0 Å². The first-order chi connectivity index (χ1) is 10.1. The molecule has 0 bridgehead atoms. The lowest BCUT2D eigenvalue weighted by Crippen LogP contribution is -2.06. The van der Waals surface area contributed by atoms with Crippen LogP contribution >= 0.6 is 11.6 Å². The lowest BCUT2D eigenvalue weighted by Gasteiger charge is -2.09. The molecule has 0 aliphatic heterocycles. The van der Waals surface area contributed by atoms with Gasteiger partial charge >= 0.3 is 5.97 Å². The number of hydrogen-bond donors (Lipinski definition) is 1. The molecule has 106 valence electrons. The molecule has 0 spiro atoms. The van der Waals surface area contributed by atoms with E-state index in [1.54, 1.807) is 35.0 Å². The molecular formula is C16H11ClFNO2. The maximum absolute atomic E-state index is 13.8. The number of aromatic nitrogens is 1. The van der Waals surface area contributed by atoms with Crippen molar-refractivity contribution >= 4 is 28.5 Å². The molecule has 0 aliphatic carbocycles. The summed E-state index contributed by atoms with van der Waals surface area (Å²) in [6.45, 7) is 0.449. The topological polar surface area (TPSA) is 42.2 Å². The summed E-state index contributed by atoms with van der Waals surface area (Å²) in [5.74, 6) is -2.00. The molecule has 3 aromatic rings. The van der Waals surface area contributed by atoms with Crippen LogP contribution in [0.3, 0.4) is 0 Å². The van der Waals surface area contributed by atoms with E-state index in [4.69, 9.17) is 11.6 Å². The number of carboxylic acid groups (broad SMARTS) is 1. The van der Waals surface area contributed by atoms with Crippen LogP contribution in [0.15, 0.2) is 48.7 Å². The van der Waals surface area contributed by atoms with Crippen molar-refractivity contribution in [3.63, 3.8) is 0 Å². The molecule has 3 rings (SSSR count). The van der Waals surface area contributed by atoms with Crippen molar-refractivity contribution in [2.45, 2.75) is 6.54 Å². The zero-order chi connectivity index (χ0) is 15.0. The van der Waals surface area contributed by atoms with Crippen molar-refractivity contribution in [3.8, 4) is 0 Å². The zero-order valence-corrected chi connectivity index (χ0v) is 11.6. The fourth-order valence-electron chi connectivity index (χ4n) is 2.39. The predicted molar refractivity (Wildman–Crippen MR) is 79.4 cm³/mol. The van der Waals surface area contributed by atoms with Crippen molar-refractivity contribution in [1.82, 2.24) is 4.57 Å². The monoisotopic (exact) mass is 303 g/mol. The van der Waals surface area contributed by atoms with Gasteiger partial charge in [0.25, 0.3) is 0 Å². The Morgan fingerprint density at radius 2 is 1.86 bits per heavy atom. The van der Waals surface area contributed by atoms with E-state index in [2.05, 4.69) is 0 Å². The number of benzene rings is 2. The van der Waals surface area contributed by atoms with E-state index < -0.39 is 11.8 Å². The zero-order valence-electron chi connectivity index (χ0n) is 10.9. The van der Waals surface area contributed by atoms with Gasteiger partial charge in [0.2, 0.25) is 0 Å². The van der Waals surface area contributed by atoms with E-state index in [-0.39, 0.29) is 5.56 Å². The molecule has 1 aromatic heterocycles. The van der Waals surface area contributed by atoms with Crippen LogP contribution in [-0.2, 0) is 6.54 Å². The summed E-state index contributed by atoms with van der Waals surface area (Å²) in [5.41, 5.74) is 1.04. The van der Waals surface area contributed by atoms with Crippen molar-refractivity contribution in [2.24, 2.45) is 0 Å². The quantitative estimate of drug-likeness (QED) is 0.788. The molecule has 0 fully saturated rings. The van der Waals surface area contributed by atoms with E-state index in [1.165, 1.54) is 6.07 Å². The second-order valence-corrected chi connectivity index (χ2v) is 5.17. The van der Waals surface area contributed by atoms with E-state index in [0.29, 0.717) is 22.5 Å². The second-order valence-electron chi connectivity index (χ2n) is 4.74. The highest BCUT2D eigenvalue weighted by Crippen LogP contribution is 2.24. The van der Waals surface area contributed by atoms with E-state index in [9.17, 15) is 14.3 Å². The van der Waals surface area contributed by atoms with Crippen molar-refractivity contribution in [1.29, 1.82) is 0 Å². The summed E-state index contributed by atoms with van der Waals surface area (Å²) < 4.78 is 15.5. The highest BCUT2D eigenvalue weighted by atomic mass is 35.5. The SMILES string of the molecule is O=C(O)c1c(F)ccc2ccn(Cc3ccc(Cl)cc3)c12. The van der Waals surface area contributed by atoms with Crippen LogP contribution in [0.25, 0.3) is 10.9 Å². The third-order valence-electron chi connectivity index (χ3n) is 3.36. The van der Waals surface area contributed by atoms with Gasteiger partial charge in [-0.1, -0.05) is 23.7 Å². The van der Waals surface area contributed by atoms with Gasteiger partial charge in [-0.2, -0.15) is 0 Å². The van der Waals surface area contributed by atoms with Crippen LogP contribution in [0.4, 0.5) is 4.39 Å². The van der Waals surface area contributed by atoms with Gasteiger partial charge in [-0.15, -0.1) is 0 Å². The largest absolute Gasteiger partial charge is 0.478 e. The highest BCUT2D eigenvalue weighted by Gasteiger charge is 2.17. The molecule has 0 radical (unpaired) electrons. The minimum absolute atomic E-state index is 0.300. The lowest BCUT2D eigenvalue weighted by molar-refractivity contribution is 0.0693. The first-order valence-electron chi connectivity index (χ1n) is 6.31. The molecule has 0 atom stereocenters. The maximum atomic E-state index is 13.8. The number of carboxylic acids is 1. The predicted octanol–water partition coefficient (Wildman–Crippen LogP) is 4.18. The van der Waals surface area contributed by atoms with Crippen LogP contribution in [0, 0.1) is 5.82 Å². The van der Waals surface area contributed by atoms with Gasteiger partial charge in [-0.05, 0) is 35.9 Å². The number of aromatic carboxylic acids is 1. The van der Waals surface area contributed by atoms with Crippen LogP contribution < -0.4 is 0 Å². The van der Waals surface area contributed by atoms with Gasteiger partial charge in [0.05, 0.1) is 5.52 Å². The minimum Gasteiger partial charge on any atom is -0.478 e. The lowest BCUT2D eigenvalue weighted by atomic mass is 10.1. The van der Waals surface area contributed by atoms with Gasteiger partial charge in [0.1, 0.15) is 11.4 Å². The fourth-order valence-corrected chi connectivity index (χ4v) is 2.52. The van der Waals surface area contributed by atoms with E-state index in [0.717, 1.165) is 5.56 Å². The maximum Gasteiger partial charge on any atom is 0.340 e. The Hall–Kier alpha value is -2.33. The molecule has 0 saturated carbocycles. The smallest absolute Gasteiger partial charge is 0.340 e.